The fourth-order valence-corrected chi connectivity index (χ4v) is 1.70. The molecule has 20 heavy (non-hydrogen) atoms. The molecule has 7 nitrogen and oxygen atoms in total. The number of rotatable bonds is 1. The molecule has 2 N–H and O–H groups in total. The maximum atomic E-state index is 11.8. The summed E-state index contributed by atoms with van der Waals surface area (Å²) in [4.78, 5) is 14.5. The zero-order valence-corrected chi connectivity index (χ0v) is 12.6. The predicted octanol–water partition coefficient (Wildman–Crippen LogP) is 1.16. The molecule has 1 aromatic rings. The van der Waals surface area contributed by atoms with Gasteiger partial charge < -0.3 is 19.6 Å². The highest BCUT2D eigenvalue weighted by atomic mass is 16.5. The molecule has 0 bridgehead atoms. The Labute approximate surface area is 118 Å². The van der Waals surface area contributed by atoms with Crippen LogP contribution in [-0.4, -0.2) is 52.7 Å². The fourth-order valence-electron chi connectivity index (χ4n) is 1.70. The number of nitrogens with zero attached hydrogens (tertiary/aromatic N) is 3. The molecular formula is C13H23N3O4. The van der Waals surface area contributed by atoms with Gasteiger partial charge >= 0.3 is 6.03 Å². The van der Waals surface area contributed by atoms with Crippen molar-refractivity contribution < 1.29 is 19.5 Å². The van der Waals surface area contributed by atoms with Crippen LogP contribution < -0.4 is 4.90 Å². The van der Waals surface area contributed by atoms with Crippen LogP contribution in [0.2, 0.25) is 0 Å². The van der Waals surface area contributed by atoms with Crippen molar-refractivity contribution in [2.24, 2.45) is 0 Å². The number of hydrogen-bond acceptors (Lipinski definition) is 5. The average Bonchev–Trinajstić information content (AvgIpc) is 2.86. The first-order chi connectivity index (χ1) is 9.22. The minimum absolute atomic E-state index is 0.176. The molecule has 0 saturated carbocycles. The Bertz CT molecular complexity index is 453. The van der Waals surface area contributed by atoms with Crippen LogP contribution in [0.5, 0.6) is 0 Å². The molecule has 2 amide bonds. The van der Waals surface area contributed by atoms with E-state index in [-0.39, 0.29) is 24.6 Å². The number of β-amino-alcohol motifs (C(OH)–C–C–N with tert-alkyl or cyclic N) is 1. The molecule has 1 aromatic heterocycles. The van der Waals surface area contributed by atoms with Crippen molar-refractivity contribution in [3.8, 4) is 0 Å². The first-order valence-corrected chi connectivity index (χ1v) is 6.52. The van der Waals surface area contributed by atoms with Gasteiger partial charge in [-0.3, -0.25) is 0 Å². The number of anilines is 1. The van der Waals surface area contributed by atoms with E-state index in [4.69, 9.17) is 9.63 Å². The highest BCUT2D eigenvalue weighted by molar-refractivity contribution is 5.93. The largest absolute Gasteiger partial charge is 0.397 e. The van der Waals surface area contributed by atoms with Crippen molar-refractivity contribution in [3.63, 3.8) is 0 Å². The molecule has 0 aromatic carbocycles. The van der Waals surface area contributed by atoms with E-state index in [2.05, 4.69) is 5.16 Å². The van der Waals surface area contributed by atoms with E-state index < -0.39 is 6.23 Å². The van der Waals surface area contributed by atoms with E-state index in [9.17, 15) is 9.90 Å². The second-order valence-corrected chi connectivity index (χ2v) is 5.63. The molecule has 2 heterocycles. The number of urea groups is 1. The van der Waals surface area contributed by atoms with Crippen LogP contribution in [0.3, 0.4) is 0 Å². The van der Waals surface area contributed by atoms with Crippen LogP contribution >= 0.6 is 0 Å². The fraction of sp³-hybridized carbons (Fsp3) is 0.692. The minimum atomic E-state index is -0.870. The highest BCUT2D eigenvalue weighted by Crippen LogP contribution is 2.28. The number of aliphatic hydroxyl groups excluding tert-OH is 2. The van der Waals surface area contributed by atoms with E-state index in [1.165, 1.54) is 9.80 Å². The lowest BCUT2D eigenvalue weighted by Crippen LogP contribution is -2.34. The molecule has 1 aliphatic rings. The minimum Gasteiger partial charge on any atom is -0.397 e. The van der Waals surface area contributed by atoms with Crippen molar-refractivity contribution in [3.05, 3.63) is 11.8 Å². The third-order valence-electron chi connectivity index (χ3n) is 2.75. The quantitative estimate of drug-likeness (QED) is 0.808. The Morgan fingerprint density at radius 1 is 1.50 bits per heavy atom. The van der Waals surface area contributed by atoms with Gasteiger partial charge in [-0.1, -0.05) is 25.9 Å². The van der Waals surface area contributed by atoms with Crippen molar-refractivity contribution >= 4 is 11.8 Å². The Kier molecular flexibility index (Phi) is 5.13. The summed E-state index contributed by atoms with van der Waals surface area (Å²) < 4.78 is 5.20. The molecule has 114 valence electrons. The zero-order valence-electron chi connectivity index (χ0n) is 12.6. The molecule has 1 fully saturated rings. The average molecular weight is 285 g/mol. The zero-order chi connectivity index (χ0) is 15.5. The molecular weight excluding hydrogens is 262 g/mol. The summed E-state index contributed by atoms with van der Waals surface area (Å²) in [5.41, 5.74) is -0.176. The molecule has 0 radical (unpaired) electrons. The van der Waals surface area contributed by atoms with Gasteiger partial charge in [0.2, 0.25) is 0 Å². The Morgan fingerprint density at radius 3 is 2.40 bits per heavy atom. The monoisotopic (exact) mass is 285 g/mol. The van der Waals surface area contributed by atoms with Crippen molar-refractivity contribution in [2.45, 2.75) is 39.3 Å². The summed E-state index contributed by atoms with van der Waals surface area (Å²) in [6.45, 7) is 8.18. The SMILES string of the molecule is CCO.CN1CC(O)N(c2cc(C(C)(C)C)on2)C1=O. The molecule has 0 aliphatic carbocycles. The van der Waals surface area contributed by atoms with Gasteiger partial charge in [0.15, 0.2) is 12.0 Å². The van der Waals surface area contributed by atoms with E-state index in [1.807, 2.05) is 20.8 Å². The van der Waals surface area contributed by atoms with Gasteiger partial charge in [0, 0.05) is 25.1 Å². The van der Waals surface area contributed by atoms with Crippen molar-refractivity contribution in [1.82, 2.24) is 10.1 Å². The Balaban J connectivity index is 0.000000612. The number of hydrogen-bond donors (Lipinski definition) is 2. The molecule has 1 aliphatic heterocycles. The van der Waals surface area contributed by atoms with Gasteiger partial charge in [0.05, 0.1) is 6.54 Å². The molecule has 1 unspecified atom stereocenters. The van der Waals surface area contributed by atoms with Crippen molar-refractivity contribution in [1.29, 1.82) is 0 Å². The van der Waals surface area contributed by atoms with Crippen molar-refractivity contribution in [2.75, 3.05) is 25.1 Å². The lowest BCUT2D eigenvalue weighted by atomic mass is 9.93. The lowest BCUT2D eigenvalue weighted by Gasteiger charge is -2.15. The van der Waals surface area contributed by atoms with Crippen LogP contribution in [0.4, 0.5) is 10.6 Å². The van der Waals surface area contributed by atoms with E-state index >= 15 is 0 Å². The van der Waals surface area contributed by atoms with Crippen LogP contribution in [-0.2, 0) is 5.41 Å². The Morgan fingerprint density at radius 2 is 2.05 bits per heavy atom. The standard InChI is InChI=1S/C11H17N3O3.C2H6O/c1-11(2,3)7-5-8(12-17-7)14-9(15)6-13(4)10(14)16;1-2-3/h5,9,15H,6H2,1-4H3;3H,2H2,1H3. The number of carbonyl (C=O) groups excluding carboxylic acids is 1. The maximum Gasteiger partial charge on any atom is 0.327 e. The third kappa shape index (κ3) is 3.49. The van der Waals surface area contributed by atoms with Gasteiger partial charge in [0.1, 0.15) is 5.76 Å². The summed E-state index contributed by atoms with van der Waals surface area (Å²) in [7, 11) is 1.64. The summed E-state index contributed by atoms with van der Waals surface area (Å²) in [6.07, 6.45) is -0.870. The maximum absolute atomic E-state index is 11.8. The number of aromatic nitrogens is 1. The van der Waals surface area contributed by atoms with Gasteiger partial charge in [-0.25, -0.2) is 9.69 Å². The van der Waals surface area contributed by atoms with Gasteiger partial charge in [-0.2, -0.15) is 0 Å². The van der Waals surface area contributed by atoms with E-state index in [0.717, 1.165) is 0 Å². The third-order valence-corrected chi connectivity index (χ3v) is 2.75. The summed E-state index contributed by atoms with van der Waals surface area (Å²) in [6, 6.07) is 1.42. The predicted molar refractivity (Wildman–Crippen MR) is 74.5 cm³/mol. The number of carbonyl (C=O) groups is 1. The first-order valence-electron chi connectivity index (χ1n) is 6.52. The first kappa shape index (κ1) is 16.5. The number of likely N-dealkylation sites (N-methyl/N-ethyl adjacent to an activating group) is 1. The topological polar surface area (TPSA) is 90.0 Å². The van der Waals surface area contributed by atoms with Gasteiger partial charge in [-0.05, 0) is 6.92 Å². The van der Waals surface area contributed by atoms with Gasteiger partial charge in [0.25, 0.3) is 0 Å². The van der Waals surface area contributed by atoms with Crippen LogP contribution in [0.25, 0.3) is 0 Å². The summed E-state index contributed by atoms with van der Waals surface area (Å²) >= 11 is 0. The van der Waals surface area contributed by atoms with Crippen LogP contribution in [0.1, 0.15) is 33.5 Å². The normalized spacial score (nSPS) is 19.1. The van der Waals surface area contributed by atoms with Crippen LogP contribution in [0.15, 0.2) is 10.6 Å². The smallest absolute Gasteiger partial charge is 0.327 e. The summed E-state index contributed by atoms with van der Waals surface area (Å²) in [5, 5.41) is 21.2. The lowest BCUT2D eigenvalue weighted by molar-refractivity contribution is 0.182. The second kappa shape index (κ2) is 6.23. The van der Waals surface area contributed by atoms with Gasteiger partial charge in [-0.15, -0.1) is 0 Å². The molecule has 2 rings (SSSR count). The molecule has 1 saturated heterocycles. The summed E-state index contributed by atoms with van der Waals surface area (Å²) in [5.74, 6) is 1.04. The number of amides is 2. The molecule has 7 heteroatoms. The molecule has 1 atom stereocenters. The van der Waals surface area contributed by atoms with E-state index in [0.29, 0.717) is 11.6 Å². The van der Waals surface area contributed by atoms with E-state index in [1.54, 1.807) is 20.0 Å². The Hall–Kier alpha value is -1.60. The second-order valence-electron chi connectivity index (χ2n) is 5.63. The van der Waals surface area contributed by atoms with Crippen LogP contribution in [0, 0.1) is 0 Å². The highest BCUT2D eigenvalue weighted by Gasteiger charge is 2.37. The number of aliphatic hydroxyl groups is 2. The molecule has 0 spiro atoms.